The number of carbonyl (C=O) groups is 2. The average molecular weight is 368 g/mol. The van der Waals surface area contributed by atoms with Gasteiger partial charge in [-0.25, -0.2) is 4.98 Å². The van der Waals surface area contributed by atoms with Crippen LogP contribution in [0.25, 0.3) is 0 Å². The van der Waals surface area contributed by atoms with E-state index in [1.165, 1.54) is 0 Å². The van der Waals surface area contributed by atoms with Gasteiger partial charge in [-0.1, -0.05) is 12.1 Å². The zero-order valence-corrected chi connectivity index (χ0v) is 15.6. The fraction of sp³-hybridized carbons (Fsp3) is 0.350. The van der Waals surface area contributed by atoms with Crippen molar-refractivity contribution < 1.29 is 14.3 Å². The van der Waals surface area contributed by atoms with Gasteiger partial charge in [-0.15, -0.1) is 0 Å². The normalized spacial score (nSPS) is 13.9. The number of nitrogens with one attached hydrogen (secondary N) is 1. The minimum Gasteiger partial charge on any atom is -0.378 e. The lowest BCUT2D eigenvalue weighted by Gasteiger charge is -2.27. The molecule has 0 atom stereocenters. The third-order valence-corrected chi connectivity index (χ3v) is 4.54. The molecule has 27 heavy (non-hydrogen) atoms. The number of hydrogen-bond donors (Lipinski definition) is 1. The number of aromatic nitrogens is 1. The summed E-state index contributed by atoms with van der Waals surface area (Å²) in [5.41, 5.74) is 2.10. The molecular formula is C20H24N4O3. The molecule has 1 aliphatic rings. The van der Waals surface area contributed by atoms with Crippen molar-refractivity contribution in [1.82, 2.24) is 15.2 Å². The first-order valence-corrected chi connectivity index (χ1v) is 8.93. The predicted octanol–water partition coefficient (Wildman–Crippen LogP) is 1.55. The molecule has 0 spiro atoms. The largest absolute Gasteiger partial charge is 0.378 e. The van der Waals surface area contributed by atoms with Crippen molar-refractivity contribution >= 4 is 17.6 Å². The molecular weight excluding hydrogens is 344 g/mol. The zero-order chi connectivity index (χ0) is 19.2. The van der Waals surface area contributed by atoms with Crippen LogP contribution < -0.4 is 10.2 Å². The van der Waals surface area contributed by atoms with Crippen LogP contribution in [0.4, 0.5) is 5.82 Å². The van der Waals surface area contributed by atoms with Gasteiger partial charge in [0.2, 0.25) is 0 Å². The third kappa shape index (κ3) is 4.62. The smallest absolute Gasteiger partial charge is 0.255 e. The van der Waals surface area contributed by atoms with Gasteiger partial charge >= 0.3 is 0 Å². The van der Waals surface area contributed by atoms with Crippen LogP contribution in [-0.2, 0) is 11.3 Å². The SMILES string of the molecule is CNC(=O)c1ccc(CN(C)C(=O)c2ccc(N3CCOCC3)nc2)cc1. The maximum absolute atomic E-state index is 12.6. The van der Waals surface area contributed by atoms with E-state index in [0.29, 0.717) is 30.9 Å². The van der Waals surface area contributed by atoms with Crippen LogP contribution >= 0.6 is 0 Å². The number of rotatable bonds is 5. The molecule has 0 unspecified atom stereocenters. The lowest BCUT2D eigenvalue weighted by atomic mass is 10.1. The van der Waals surface area contributed by atoms with E-state index in [9.17, 15) is 9.59 Å². The lowest BCUT2D eigenvalue weighted by Crippen LogP contribution is -2.36. The molecule has 3 rings (SSSR count). The molecule has 1 saturated heterocycles. The average Bonchev–Trinajstić information content (AvgIpc) is 2.74. The second kappa shape index (κ2) is 8.64. The van der Waals surface area contributed by atoms with Gasteiger partial charge in [-0.05, 0) is 29.8 Å². The van der Waals surface area contributed by atoms with E-state index in [2.05, 4.69) is 15.2 Å². The van der Waals surface area contributed by atoms with Gasteiger partial charge in [-0.3, -0.25) is 9.59 Å². The van der Waals surface area contributed by atoms with Crippen molar-refractivity contribution in [2.24, 2.45) is 0 Å². The summed E-state index contributed by atoms with van der Waals surface area (Å²) in [6.07, 6.45) is 1.62. The van der Waals surface area contributed by atoms with Gasteiger partial charge in [0.15, 0.2) is 0 Å². The quantitative estimate of drug-likeness (QED) is 0.867. The molecule has 0 aliphatic carbocycles. The summed E-state index contributed by atoms with van der Waals surface area (Å²) in [5, 5.41) is 2.59. The minimum absolute atomic E-state index is 0.0913. The Morgan fingerprint density at radius 3 is 2.37 bits per heavy atom. The van der Waals surface area contributed by atoms with Crippen LogP contribution in [0.5, 0.6) is 0 Å². The Morgan fingerprint density at radius 1 is 1.11 bits per heavy atom. The van der Waals surface area contributed by atoms with E-state index in [0.717, 1.165) is 24.5 Å². The highest BCUT2D eigenvalue weighted by Crippen LogP contribution is 2.15. The summed E-state index contributed by atoms with van der Waals surface area (Å²) < 4.78 is 5.35. The molecule has 0 radical (unpaired) electrons. The van der Waals surface area contributed by atoms with Crippen molar-refractivity contribution in [2.45, 2.75) is 6.54 Å². The molecule has 2 heterocycles. The van der Waals surface area contributed by atoms with Crippen molar-refractivity contribution in [3.05, 3.63) is 59.3 Å². The summed E-state index contributed by atoms with van der Waals surface area (Å²) in [4.78, 5) is 32.5. The van der Waals surface area contributed by atoms with Crippen LogP contribution in [0.3, 0.4) is 0 Å². The Bertz CT molecular complexity index is 784. The summed E-state index contributed by atoms with van der Waals surface area (Å²) in [6, 6.07) is 10.9. The second-order valence-corrected chi connectivity index (χ2v) is 6.44. The van der Waals surface area contributed by atoms with E-state index < -0.39 is 0 Å². The molecule has 2 aromatic rings. The van der Waals surface area contributed by atoms with Gasteiger partial charge in [0.05, 0.1) is 18.8 Å². The topological polar surface area (TPSA) is 74.8 Å². The first-order valence-electron chi connectivity index (χ1n) is 8.93. The monoisotopic (exact) mass is 368 g/mol. The molecule has 142 valence electrons. The Labute approximate surface area is 158 Å². The zero-order valence-electron chi connectivity index (χ0n) is 15.6. The molecule has 0 saturated carbocycles. The van der Waals surface area contributed by atoms with E-state index in [-0.39, 0.29) is 11.8 Å². The molecule has 1 N–H and O–H groups in total. The van der Waals surface area contributed by atoms with E-state index in [1.807, 2.05) is 24.3 Å². The first-order chi connectivity index (χ1) is 13.1. The van der Waals surface area contributed by atoms with Gasteiger partial charge in [0.25, 0.3) is 11.8 Å². The summed E-state index contributed by atoms with van der Waals surface area (Å²) in [6.45, 7) is 3.48. The van der Waals surface area contributed by atoms with Crippen LogP contribution in [0.2, 0.25) is 0 Å². The fourth-order valence-electron chi connectivity index (χ4n) is 2.96. The van der Waals surface area contributed by atoms with Crippen molar-refractivity contribution in [2.75, 3.05) is 45.3 Å². The molecule has 1 fully saturated rings. The van der Waals surface area contributed by atoms with Gasteiger partial charge in [-0.2, -0.15) is 0 Å². The Balaban J connectivity index is 1.62. The lowest BCUT2D eigenvalue weighted by molar-refractivity contribution is 0.0784. The minimum atomic E-state index is -0.127. The van der Waals surface area contributed by atoms with Crippen molar-refractivity contribution in [3.8, 4) is 0 Å². The standard InChI is InChI=1S/C20H24N4O3/c1-21-19(25)16-5-3-15(4-6-16)14-23(2)20(26)17-7-8-18(22-13-17)24-9-11-27-12-10-24/h3-8,13H,9-12,14H2,1-2H3,(H,21,25). The molecule has 1 aliphatic heterocycles. The van der Waals surface area contributed by atoms with E-state index in [1.54, 1.807) is 37.3 Å². The summed E-state index contributed by atoms with van der Waals surface area (Å²) >= 11 is 0. The van der Waals surface area contributed by atoms with Gasteiger partial charge in [0.1, 0.15) is 5.82 Å². The highest BCUT2D eigenvalue weighted by atomic mass is 16.5. The van der Waals surface area contributed by atoms with Crippen LogP contribution in [-0.4, -0.2) is 62.1 Å². The first kappa shape index (κ1) is 18.8. The second-order valence-electron chi connectivity index (χ2n) is 6.44. The molecule has 1 aromatic carbocycles. The maximum atomic E-state index is 12.6. The molecule has 2 amide bonds. The highest BCUT2D eigenvalue weighted by Gasteiger charge is 2.16. The number of pyridine rings is 1. The summed E-state index contributed by atoms with van der Waals surface area (Å²) in [5.74, 6) is 0.645. The number of ether oxygens (including phenoxy) is 1. The number of amides is 2. The van der Waals surface area contributed by atoms with Crippen LogP contribution in [0.15, 0.2) is 42.6 Å². The number of benzene rings is 1. The fourth-order valence-corrected chi connectivity index (χ4v) is 2.96. The molecule has 7 heteroatoms. The van der Waals surface area contributed by atoms with Gasteiger partial charge in [0, 0.05) is 45.5 Å². The van der Waals surface area contributed by atoms with E-state index in [4.69, 9.17) is 4.74 Å². The highest BCUT2D eigenvalue weighted by molar-refractivity contribution is 5.94. The number of nitrogens with zero attached hydrogens (tertiary/aromatic N) is 3. The number of morpholine rings is 1. The van der Waals surface area contributed by atoms with Gasteiger partial charge < -0.3 is 19.9 Å². The number of anilines is 1. The third-order valence-electron chi connectivity index (χ3n) is 4.54. The van der Waals surface area contributed by atoms with Crippen molar-refractivity contribution in [1.29, 1.82) is 0 Å². The number of carbonyl (C=O) groups excluding carboxylic acids is 2. The van der Waals surface area contributed by atoms with Crippen LogP contribution in [0.1, 0.15) is 26.3 Å². The molecule has 1 aromatic heterocycles. The van der Waals surface area contributed by atoms with Crippen LogP contribution in [0, 0.1) is 0 Å². The Morgan fingerprint density at radius 2 is 1.78 bits per heavy atom. The van der Waals surface area contributed by atoms with E-state index >= 15 is 0 Å². The molecule has 7 nitrogen and oxygen atoms in total. The maximum Gasteiger partial charge on any atom is 0.255 e. The summed E-state index contributed by atoms with van der Waals surface area (Å²) in [7, 11) is 3.35. The Hall–Kier alpha value is -2.93. The molecule has 0 bridgehead atoms. The Kier molecular flexibility index (Phi) is 6.03. The number of hydrogen-bond acceptors (Lipinski definition) is 5. The van der Waals surface area contributed by atoms with Crippen molar-refractivity contribution in [3.63, 3.8) is 0 Å². The predicted molar refractivity (Wildman–Crippen MR) is 103 cm³/mol.